The lowest BCUT2D eigenvalue weighted by molar-refractivity contribution is 0.174. The van der Waals surface area contributed by atoms with Crippen LogP contribution in [0.25, 0.3) is 23.6 Å². The summed E-state index contributed by atoms with van der Waals surface area (Å²) in [7, 11) is 0. The van der Waals surface area contributed by atoms with E-state index in [1.807, 2.05) is 55.5 Å². The zero-order valence-corrected chi connectivity index (χ0v) is 12.5. The molecule has 0 saturated heterocycles. The van der Waals surface area contributed by atoms with E-state index < -0.39 is 0 Å². The number of aryl methyl sites for hydroxylation is 1. The molecular formula is C18H14N2O3. The van der Waals surface area contributed by atoms with Crippen molar-refractivity contribution in [1.82, 2.24) is 10.2 Å². The maximum atomic E-state index is 5.66. The van der Waals surface area contributed by atoms with Gasteiger partial charge in [-0.25, -0.2) is 0 Å². The Balaban J connectivity index is 1.54. The van der Waals surface area contributed by atoms with Crippen LogP contribution in [-0.4, -0.2) is 17.0 Å². The van der Waals surface area contributed by atoms with E-state index in [4.69, 9.17) is 13.9 Å². The molecule has 0 aliphatic carbocycles. The van der Waals surface area contributed by atoms with Crippen molar-refractivity contribution in [3.8, 4) is 23.0 Å². The Kier molecular flexibility index (Phi) is 3.31. The first-order valence-electron chi connectivity index (χ1n) is 7.26. The molecule has 0 fully saturated rings. The summed E-state index contributed by atoms with van der Waals surface area (Å²) in [4.78, 5) is 0. The number of fused-ring (bicyclic) bond motifs is 1. The topological polar surface area (TPSA) is 57.4 Å². The Hall–Kier alpha value is -3.08. The first kappa shape index (κ1) is 13.6. The van der Waals surface area contributed by atoms with Gasteiger partial charge >= 0.3 is 0 Å². The maximum Gasteiger partial charge on any atom is 0.248 e. The largest absolute Gasteiger partial charge is 0.454 e. The van der Waals surface area contributed by atoms with E-state index in [1.165, 1.54) is 5.56 Å². The van der Waals surface area contributed by atoms with Crippen LogP contribution in [0.4, 0.5) is 0 Å². The molecule has 5 nitrogen and oxygen atoms in total. The highest BCUT2D eigenvalue weighted by molar-refractivity contribution is 5.68. The molecule has 114 valence electrons. The van der Waals surface area contributed by atoms with Gasteiger partial charge < -0.3 is 13.9 Å². The number of hydrogen-bond acceptors (Lipinski definition) is 5. The zero-order chi connectivity index (χ0) is 15.6. The zero-order valence-electron chi connectivity index (χ0n) is 12.5. The van der Waals surface area contributed by atoms with E-state index in [0.29, 0.717) is 11.8 Å². The lowest BCUT2D eigenvalue weighted by atomic mass is 10.1. The van der Waals surface area contributed by atoms with E-state index in [9.17, 15) is 0 Å². The number of benzene rings is 2. The van der Waals surface area contributed by atoms with Crippen molar-refractivity contribution in [2.75, 3.05) is 6.79 Å². The summed E-state index contributed by atoms with van der Waals surface area (Å²) >= 11 is 0. The van der Waals surface area contributed by atoms with Crippen LogP contribution in [0.2, 0.25) is 0 Å². The molecule has 0 unspecified atom stereocenters. The predicted octanol–water partition coefficient (Wildman–Crippen LogP) is 3.94. The predicted molar refractivity (Wildman–Crippen MR) is 86.0 cm³/mol. The van der Waals surface area contributed by atoms with E-state index >= 15 is 0 Å². The quantitative estimate of drug-likeness (QED) is 0.733. The highest BCUT2D eigenvalue weighted by Gasteiger charge is 2.12. The van der Waals surface area contributed by atoms with Gasteiger partial charge in [0.1, 0.15) is 0 Å². The molecule has 4 rings (SSSR count). The molecule has 0 radical (unpaired) electrons. The second-order valence-corrected chi connectivity index (χ2v) is 5.26. The monoisotopic (exact) mass is 306 g/mol. The second-order valence-electron chi connectivity index (χ2n) is 5.26. The Labute approximate surface area is 133 Å². The van der Waals surface area contributed by atoms with Crippen LogP contribution in [0, 0.1) is 6.92 Å². The van der Waals surface area contributed by atoms with Gasteiger partial charge in [0, 0.05) is 11.6 Å². The first-order chi connectivity index (χ1) is 11.3. The smallest absolute Gasteiger partial charge is 0.248 e. The summed E-state index contributed by atoms with van der Waals surface area (Å²) in [5.74, 6) is 2.48. The lowest BCUT2D eigenvalue weighted by Gasteiger charge is -1.97. The van der Waals surface area contributed by atoms with Crippen molar-refractivity contribution in [2.45, 2.75) is 6.92 Å². The van der Waals surface area contributed by atoms with Crippen molar-refractivity contribution in [3.05, 3.63) is 59.5 Å². The van der Waals surface area contributed by atoms with Crippen LogP contribution >= 0.6 is 0 Å². The van der Waals surface area contributed by atoms with Gasteiger partial charge in [-0.2, -0.15) is 0 Å². The SMILES string of the molecule is Cc1ccc(-c2nnc(/C=C/c3ccc4c(c3)OCO4)o2)cc1. The molecule has 0 amide bonds. The molecule has 0 spiro atoms. The number of aromatic nitrogens is 2. The minimum absolute atomic E-state index is 0.270. The summed E-state index contributed by atoms with van der Waals surface area (Å²) in [5.41, 5.74) is 3.08. The molecule has 0 bridgehead atoms. The van der Waals surface area contributed by atoms with E-state index in [0.717, 1.165) is 22.6 Å². The molecule has 1 aliphatic rings. The van der Waals surface area contributed by atoms with Crippen LogP contribution in [0.5, 0.6) is 11.5 Å². The molecule has 23 heavy (non-hydrogen) atoms. The molecule has 0 N–H and O–H groups in total. The van der Waals surface area contributed by atoms with Crippen LogP contribution in [0.1, 0.15) is 17.0 Å². The van der Waals surface area contributed by atoms with E-state index in [1.54, 1.807) is 6.08 Å². The Morgan fingerprint density at radius 3 is 2.61 bits per heavy atom. The van der Waals surface area contributed by atoms with Crippen LogP contribution in [0.15, 0.2) is 46.9 Å². The third-order valence-corrected chi connectivity index (χ3v) is 3.55. The molecule has 2 heterocycles. The Morgan fingerprint density at radius 1 is 0.913 bits per heavy atom. The van der Waals surface area contributed by atoms with Crippen LogP contribution in [0.3, 0.4) is 0 Å². The second kappa shape index (κ2) is 5.61. The maximum absolute atomic E-state index is 5.66. The summed E-state index contributed by atoms with van der Waals surface area (Å²) in [6.07, 6.45) is 3.68. The summed E-state index contributed by atoms with van der Waals surface area (Å²) in [6, 6.07) is 13.7. The third kappa shape index (κ3) is 2.81. The van der Waals surface area contributed by atoms with E-state index in [-0.39, 0.29) is 6.79 Å². The molecule has 1 aromatic heterocycles. The summed E-state index contributed by atoms with van der Waals surface area (Å²) in [5, 5.41) is 8.12. The Morgan fingerprint density at radius 2 is 1.74 bits per heavy atom. The molecule has 3 aromatic rings. The average molecular weight is 306 g/mol. The fourth-order valence-electron chi connectivity index (χ4n) is 2.30. The number of rotatable bonds is 3. The van der Waals surface area contributed by atoms with Crippen molar-refractivity contribution in [3.63, 3.8) is 0 Å². The fraction of sp³-hybridized carbons (Fsp3) is 0.111. The molecular weight excluding hydrogens is 292 g/mol. The highest BCUT2D eigenvalue weighted by atomic mass is 16.7. The standard InChI is InChI=1S/C18H14N2O3/c1-12-2-6-14(7-3-12)18-20-19-17(23-18)9-5-13-4-8-15-16(10-13)22-11-21-15/h2-10H,11H2,1H3/b9-5+. The lowest BCUT2D eigenvalue weighted by Crippen LogP contribution is -1.92. The number of nitrogens with zero attached hydrogens (tertiary/aromatic N) is 2. The third-order valence-electron chi connectivity index (χ3n) is 3.55. The highest BCUT2D eigenvalue weighted by Crippen LogP contribution is 2.33. The van der Waals surface area contributed by atoms with Gasteiger partial charge in [-0.05, 0) is 42.8 Å². The minimum Gasteiger partial charge on any atom is -0.454 e. The molecule has 2 aromatic carbocycles. The summed E-state index contributed by atoms with van der Waals surface area (Å²) in [6.45, 7) is 2.31. The first-order valence-corrected chi connectivity index (χ1v) is 7.26. The normalized spacial score (nSPS) is 12.9. The number of ether oxygens (including phenoxy) is 2. The number of hydrogen-bond donors (Lipinski definition) is 0. The van der Waals surface area contributed by atoms with Gasteiger partial charge in [0.2, 0.25) is 18.6 Å². The van der Waals surface area contributed by atoms with Gasteiger partial charge in [0.05, 0.1) is 0 Å². The van der Waals surface area contributed by atoms with Crippen LogP contribution < -0.4 is 9.47 Å². The molecule has 5 heteroatoms. The van der Waals surface area contributed by atoms with Gasteiger partial charge in [0.15, 0.2) is 11.5 Å². The molecule has 0 atom stereocenters. The van der Waals surface area contributed by atoms with Gasteiger partial charge in [-0.1, -0.05) is 23.8 Å². The van der Waals surface area contributed by atoms with Crippen molar-refractivity contribution in [2.24, 2.45) is 0 Å². The molecule has 0 saturated carbocycles. The van der Waals surface area contributed by atoms with Gasteiger partial charge in [-0.3, -0.25) is 0 Å². The van der Waals surface area contributed by atoms with Crippen LogP contribution in [-0.2, 0) is 0 Å². The van der Waals surface area contributed by atoms with Crippen molar-refractivity contribution < 1.29 is 13.9 Å². The van der Waals surface area contributed by atoms with Crippen molar-refractivity contribution in [1.29, 1.82) is 0 Å². The minimum atomic E-state index is 0.270. The van der Waals surface area contributed by atoms with E-state index in [2.05, 4.69) is 10.2 Å². The van der Waals surface area contributed by atoms with Gasteiger partial charge in [-0.15, -0.1) is 10.2 Å². The average Bonchev–Trinajstić information content (AvgIpc) is 3.22. The molecule has 1 aliphatic heterocycles. The fourth-order valence-corrected chi connectivity index (χ4v) is 2.30. The van der Waals surface area contributed by atoms with Gasteiger partial charge in [0.25, 0.3) is 0 Å². The summed E-state index contributed by atoms with van der Waals surface area (Å²) < 4.78 is 16.3. The Bertz CT molecular complexity index is 866. The van der Waals surface area contributed by atoms with Crippen molar-refractivity contribution >= 4 is 12.2 Å².